The summed E-state index contributed by atoms with van der Waals surface area (Å²) in [5.41, 5.74) is 7.34. The monoisotopic (exact) mass is 123 g/mol. The highest BCUT2D eigenvalue weighted by Gasteiger charge is 1.88. The Bertz CT molecular complexity index is 152. The standard InChI is InChI=1S/C8H13N/c1-4-7(5-2)8(9)6-3/h4-6H,1,9H2,2-3H3/b7-5-,8-6+. The molecular weight excluding hydrogens is 110 g/mol. The van der Waals surface area contributed by atoms with Crippen molar-refractivity contribution < 1.29 is 0 Å². The first kappa shape index (κ1) is 8.02. The zero-order valence-electron chi connectivity index (χ0n) is 6.02. The van der Waals surface area contributed by atoms with Crippen molar-refractivity contribution in [3.8, 4) is 0 Å². The highest BCUT2D eigenvalue weighted by molar-refractivity contribution is 5.35. The first-order valence-corrected chi connectivity index (χ1v) is 2.97. The fourth-order valence-electron chi connectivity index (χ4n) is 0.569. The van der Waals surface area contributed by atoms with Gasteiger partial charge < -0.3 is 5.73 Å². The third-order valence-electron chi connectivity index (χ3n) is 1.18. The van der Waals surface area contributed by atoms with E-state index in [2.05, 4.69) is 6.58 Å². The maximum absolute atomic E-state index is 5.56. The van der Waals surface area contributed by atoms with E-state index in [1.54, 1.807) is 6.08 Å². The minimum Gasteiger partial charge on any atom is -0.399 e. The predicted octanol–water partition coefficient (Wildman–Crippen LogP) is 1.98. The summed E-state index contributed by atoms with van der Waals surface area (Å²) in [6, 6.07) is 0. The van der Waals surface area contributed by atoms with Gasteiger partial charge >= 0.3 is 0 Å². The summed E-state index contributed by atoms with van der Waals surface area (Å²) in [5, 5.41) is 0. The predicted molar refractivity (Wildman–Crippen MR) is 41.9 cm³/mol. The van der Waals surface area contributed by atoms with Gasteiger partial charge in [0.2, 0.25) is 0 Å². The number of hydrogen-bond acceptors (Lipinski definition) is 1. The smallest absolute Gasteiger partial charge is 0.0340 e. The van der Waals surface area contributed by atoms with Crippen molar-refractivity contribution in [2.75, 3.05) is 0 Å². The van der Waals surface area contributed by atoms with E-state index in [4.69, 9.17) is 5.73 Å². The van der Waals surface area contributed by atoms with Gasteiger partial charge in [0.25, 0.3) is 0 Å². The average Bonchev–Trinajstić information content (AvgIpc) is 1.90. The summed E-state index contributed by atoms with van der Waals surface area (Å²) in [6.45, 7) is 7.45. The fourth-order valence-corrected chi connectivity index (χ4v) is 0.569. The molecule has 9 heavy (non-hydrogen) atoms. The number of nitrogens with two attached hydrogens (primary N) is 1. The summed E-state index contributed by atoms with van der Waals surface area (Å²) in [6.07, 6.45) is 5.54. The molecule has 0 aliphatic rings. The molecular formula is C8H13N. The van der Waals surface area contributed by atoms with Gasteiger partial charge in [-0.3, -0.25) is 0 Å². The van der Waals surface area contributed by atoms with E-state index in [1.807, 2.05) is 26.0 Å². The Hall–Kier alpha value is -0.980. The Morgan fingerprint density at radius 3 is 2.00 bits per heavy atom. The van der Waals surface area contributed by atoms with Gasteiger partial charge in [-0.15, -0.1) is 0 Å². The van der Waals surface area contributed by atoms with E-state index in [9.17, 15) is 0 Å². The van der Waals surface area contributed by atoms with E-state index in [-0.39, 0.29) is 0 Å². The van der Waals surface area contributed by atoms with Gasteiger partial charge in [-0.25, -0.2) is 0 Å². The third kappa shape index (κ3) is 2.17. The van der Waals surface area contributed by atoms with Crippen LogP contribution in [0.1, 0.15) is 13.8 Å². The van der Waals surface area contributed by atoms with E-state index >= 15 is 0 Å². The van der Waals surface area contributed by atoms with Crippen LogP contribution in [-0.4, -0.2) is 0 Å². The van der Waals surface area contributed by atoms with Gasteiger partial charge in [0.05, 0.1) is 0 Å². The Labute approximate surface area is 56.6 Å². The van der Waals surface area contributed by atoms with E-state index in [0.717, 1.165) is 11.3 Å². The third-order valence-corrected chi connectivity index (χ3v) is 1.18. The summed E-state index contributed by atoms with van der Waals surface area (Å²) >= 11 is 0. The summed E-state index contributed by atoms with van der Waals surface area (Å²) in [7, 11) is 0. The maximum atomic E-state index is 5.56. The second-order valence-corrected chi connectivity index (χ2v) is 1.69. The second-order valence-electron chi connectivity index (χ2n) is 1.69. The van der Waals surface area contributed by atoms with E-state index < -0.39 is 0 Å². The van der Waals surface area contributed by atoms with Crippen LogP contribution in [-0.2, 0) is 0 Å². The van der Waals surface area contributed by atoms with Crippen molar-refractivity contribution in [1.82, 2.24) is 0 Å². The van der Waals surface area contributed by atoms with Gasteiger partial charge in [0, 0.05) is 5.70 Å². The molecule has 0 rings (SSSR count). The number of allylic oxidation sites excluding steroid dienone is 3. The molecule has 1 nitrogen and oxygen atoms in total. The summed E-state index contributed by atoms with van der Waals surface area (Å²) < 4.78 is 0. The van der Waals surface area contributed by atoms with Crippen LogP contribution in [0.15, 0.2) is 36.1 Å². The van der Waals surface area contributed by atoms with Crippen molar-refractivity contribution in [1.29, 1.82) is 0 Å². The molecule has 0 aliphatic heterocycles. The van der Waals surface area contributed by atoms with Gasteiger partial charge in [-0.1, -0.05) is 24.8 Å². The van der Waals surface area contributed by atoms with Crippen molar-refractivity contribution in [2.45, 2.75) is 13.8 Å². The van der Waals surface area contributed by atoms with Crippen LogP contribution < -0.4 is 5.73 Å². The normalized spacial score (nSPS) is 13.6. The van der Waals surface area contributed by atoms with Crippen molar-refractivity contribution in [2.24, 2.45) is 5.73 Å². The van der Waals surface area contributed by atoms with Crippen LogP contribution in [0.3, 0.4) is 0 Å². The lowest BCUT2D eigenvalue weighted by Gasteiger charge is -1.97. The van der Waals surface area contributed by atoms with Gasteiger partial charge in [0.1, 0.15) is 0 Å². The molecule has 1 heteroatoms. The molecule has 0 unspecified atom stereocenters. The van der Waals surface area contributed by atoms with Crippen molar-refractivity contribution >= 4 is 0 Å². The first-order chi connectivity index (χ1) is 4.26. The molecule has 0 aromatic rings. The van der Waals surface area contributed by atoms with Gasteiger partial charge in [-0.05, 0) is 19.4 Å². The SMILES string of the molecule is C=CC(=C/C)/C(N)=C\C. The Balaban J connectivity index is 4.32. The lowest BCUT2D eigenvalue weighted by Crippen LogP contribution is -1.97. The lowest BCUT2D eigenvalue weighted by atomic mass is 10.2. The molecule has 0 aromatic heterocycles. The maximum Gasteiger partial charge on any atom is 0.0340 e. The highest BCUT2D eigenvalue weighted by Crippen LogP contribution is 2.02. The molecule has 0 amide bonds. The second kappa shape index (κ2) is 3.96. The molecule has 0 radical (unpaired) electrons. The summed E-state index contributed by atoms with van der Waals surface area (Å²) in [5.74, 6) is 0. The van der Waals surface area contributed by atoms with Crippen LogP contribution >= 0.6 is 0 Å². The first-order valence-electron chi connectivity index (χ1n) is 2.97. The van der Waals surface area contributed by atoms with Crippen LogP contribution in [0.4, 0.5) is 0 Å². The topological polar surface area (TPSA) is 26.0 Å². The zero-order chi connectivity index (χ0) is 7.28. The van der Waals surface area contributed by atoms with Crippen LogP contribution in [0, 0.1) is 0 Å². The molecule has 0 aromatic carbocycles. The van der Waals surface area contributed by atoms with E-state index in [0.29, 0.717) is 0 Å². The Kier molecular flexibility index (Phi) is 3.52. The fraction of sp³-hybridized carbons (Fsp3) is 0.250. The minimum atomic E-state index is 0.785. The highest BCUT2D eigenvalue weighted by atomic mass is 14.6. The molecule has 0 saturated heterocycles. The molecule has 0 fully saturated rings. The zero-order valence-corrected chi connectivity index (χ0v) is 6.02. The molecule has 0 heterocycles. The molecule has 0 atom stereocenters. The minimum absolute atomic E-state index is 0.785. The van der Waals surface area contributed by atoms with E-state index in [1.165, 1.54) is 0 Å². The average molecular weight is 123 g/mol. The molecule has 0 saturated carbocycles. The Morgan fingerprint density at radius 1 is 1.33 bits per heavy atom. The van der Waals surface area contributed by atoms with Gasteiger partial charge in [0.15, 0.2) is 0 Å². The molecule has 0 bridgehead atoms. The quantitative estimate of drug-likeness (QED) is 0.558. The molecule has 50 valence electrons. The lowest BCUT2D eigenvalue weighted by molar-refractivity contribution is 1.32. The van der Waals surface area contributed by atoms with Crippen molar-refractivity contribution in [3.05, 3.63) is 36.1 Å². The summed E-state index contributed by atoms with van der Waals surface area (Å²) in [4.78, 5) is 0. The Morgan fingerprint density at radius 2 is 1.89 bits per heavy atom. The van der Waals surface area contributed by atoms with Crippen LogP contribution in [0.2, 0.25) is 0 Å². The number of hydrogen-bond donors (Lipinski definition) is 1. The number of rotatable bonds is 2. The van der Waals surface area contributed by atoms with Crippen molar-refractivity contribution in [3.63, 3.8) is 0 Å². The van der Waals surface area contributed by atoms with Gasteiger partial charge in [-0.2, -0.15) is 0 Å². The molecule has 2 N–H and O–H groups in total. The van der Waals surface area contributed by atoms with Crippen LogP contribution in [0.25, 0.3) is 0 Å². The largest absolute Gasteiger partial charge is 0.399 e. The molecule has 0 aliphatic carbocycles. The van der Waals surface area contributed by atoms with Crippen LogP contribution in [0.5, 0.6) is 0 Å². The molecule has 0 spiro atoms.